The lowest BCUT2D eigenvalue weighted by molar-refractivity contribution is 0.194. The van der Waals surface area contributed by atoms with E-state index in [0.717, 1.165) is 37.0 Å². The van der Waals surface area contributed by atoms with E-state index in [1.807, 2.05) is 0 Å². The predicted octanol–water partition coefficient (Wildman–Crippen LogP) is 8.67. The first-order valence-electron chi connectivity index (χ1n) is 13.4. The summed E-state index contributed by atoms with van der Waals surface area (Å²) in [6.45, 7) is 5.36. The third-order valence-electron chi connectivity index (χ3n) is 8.13. The minimum Gasteiger partial charge on any atom is -0.494 e. The summed E-state index contributed by atoms with van der Waals surface area (Å²) in [7, 11) is 0. The van der Waals surface area contributed by atoms with Gasteiger partial charge in [-0.05, 0) is 79.9 Å². The first-order chi connectivity index (χ1) is 15.2. The van der Waals surface area contributed by atoms with Crippen molar-refractivity contribution < 1.29 is 4.74 Å². The summed E-state index contributed by atoms with van der Waals surface area (Å²) in [5, 5.41) is 9.90. The van der Waals surface area contributed by atoms with Gasteiger partial charge in [-0.1, -0.05) is 77.3 Å². The monoisotopic (exact) mass is 423 g/mol. The molecule has 0 saturated heterocycles. The molecule has 1 aromatic carbocycles. The average Bonchev–Trinajstić information content (AvgIpc) is 2.82. The smallest absolute Gasteiger partial charge is 0.119 e. The van der Waals surface area contributed by atoms with Crippen molar-refractivity contribution in [3.8, 4) is 11.8 Å². The molecule has 2 nitrogen and oxygen atoms in total. The topological polar surface area (TPSA) is 33.0 Å². The van der Waals surface area contributed by atoms with Crippen molar-refractivity contribution in [2.75, 3.05) is 6.61 Å². The van der Waals surface area contributed by atoms with E-state index in [-0.39, 0.29) is 5.92 Å². The van der Waals surface area contributed by atoms with Gasteiger partial charge in [0, 0.05) is 5.92 Å². The highest BCUT2D eigenvalue weighted by Crippen LogP contribution is 2.42. The van der Waals surface area contributed by atoms with Gasteiger partial charge >= 0.3 is 0 Å². The van der Waals surface area contributed by atoms with Crippen LogP contribution in [0.4, 0.5) is 0 Å². The van der Waals surface area contributed by atoms with Crippen molar-refractivity contribution in [3.63, 3.8) is 0 Å². The van der Waals surface area contributed by atoms with E-state index < -0.39 is 0 Å². The van der Waals surface area contributed by atoms with Gasteiger partial charge in [-0.3, -0.25) is 0 Å². The average molecular weight is 424 g/mol. The maximum atomic E-state index is 9.90. The van der Waals surface area contributed by atoms with Crippen LogP contribution in [0.2, 0.25) is 0 Å². The number of hydrogen-bond acceptors (Lipinski definition) is 2. The SMILES string of the molecule is CCCCCOc1ccc([C@H]2CC[C@H](C(C#N)C[C@H]3CC[C@H](CCC)CC3)CC2)cc1. The van der Waals surface area contributed by atoms with Gasteiger partial charge in [0.2, 0.25) is 0 Å². The summed E-state index contributed by atoms with van der Waals surface area (Å²) in [5.41, 5.74) is 1.46. The largest absolute Gasteiger partial charge is 0.494 e. The van der Waals surface area contributed by atoms with E-state index >= 15 is 0 Å². The molecule has 0 bridgehead atoms. The second kappa shape index (κ2) is 13.1. The van der Waals surface area contributed by atoms with E-state index in [1.54, 1.807) is 0 Å². The van der Waals surface area contributed by atoms with Gasteiger partial charge < -0.3 is 4.74 Å². The van der Waals surface area contributed by atoms with E-state index in [9.17, 15) is 5.26 Å². The number of benzene rings is 1. The third-order valence-corrected chi connectivity index (χ3v) is 8.13. The zero-order chi connectivity index (χ0) is 21.9. The molecule has 0 heterocycles. The molecule has 3 rings (SSSR count). The van der Waals surface area contributed by atoms with Crippen molar-refractivity contribution in [1.82, 2.24) is 0 Å². The van der Waals surface area contributed by atoms with Crippen molar-refractivity contribution in [1.29, 1.82) is 5.26 Å². The number of unbranched alkanes of at least 4 members (excludes halogenated alkanes) is 2. The zero-order valence-electron chi connectivity index (χ0n) is 20.2. The maximum absolute atomic E-state index is 9.90. The molecular formula is C29H45NO. The lowest BCUT2D eigenvalue weighted by atomic mass is 9.70. The molecule has 0 aromatic heterocycles. The fourth-order valence-corrected chi connectivity index (χ4v) is 6.11. The minimum absolute atomic E-state index is 0.285. The molecule has 2 aliphatic carbocycles. The summed E-state index contributed by atoms with van der Waals surface area (Å²) in [4.78, 5) is 0. The summed E-state index contributed by atoms with van der Waals surface area (Å²) >= 11 is 0. The molecule has 2 saturated carbocycles. The van der Waals surface area contributed by atoms with Crippen LogP contribution in [0.1, 0.15) is 115 Å². The van der Waals surface area contributed by atoms with Gasteiger partial charge in [0.05, 0.1) is 12.7 Å². The molecule has 1 unspecified atom stereocenters. The van der Waals surface area contributed by atoms with Crippen molar-refractivity contribution in [2.45, 2.75) is 110 Å². The standard InChI is InChI=1S/C29H45NO/c1-3-5-6-20-31-29-18-16-26(17-19-29)25-12-14-27(15-13-25)28(22-30)21-24-10-8-23(7-4-2)9-11-24/h16-19,23-25,27-28H,3-15,20-21H2,1-2H3/t23-,24-,25-,27-,28?. The molecule has 0 aliphatic heterocycles. The maximum Gasteiger partial charge on any atom is 0.119 e. The Hall–Kier alpha value is -1.49. The van der Waals surface area contributed by atoms with Crippen LogP contribution in [0.3, 0.4) is 0 Å². The molecule has 172 valence electrons. The Morgan fingerprint density at radius 1 is 0.871 bits per heavy atom. The number of nitriles is 1. The molecule has 2 fully saturated rings. The van der Waals surface area contributed by atoms with Crippen LogP contribution in [-0.4, -0.2) is 6.61 Å². The third kappa shape index (κ3) is 7.55. The molecule has 0 amide bonds. The second-order valence-electron chi connectivity index (χ2n) is 10.4. The van der Waals surface area contributed by atoms with Gasteiger partial charge in [-0.2, -0.15) is 5.26 Å². The zero-order valence-corrected chi connectivity index (χ0v) is 20.2. The van der Waals surface area contributed by atoms with Crippen LogP contribution in [0.25, 0.3) is 0 Å². The van der Waals surface area contributed by atoms with Crippen LogP contribution >= 0.6 is 0 Å². The van der Waals surface area contributed by atoms with Crippen LogP contribution in [-0.2, 0) is 0 Å². The van der Waals surface area contributed by atoms with Gasteiger partial charge in [-0.25, -0.2) is 0 Å². The van der Waals surface area contributed by atoms with E-state index in [0.29, 0.717) is 11.8 Å². The molecule has 31 heavy (non-hydrogen) atoms. The fourth-order valence-electron chi connectivity index (χ4n) is 6.11. The molecule has 1 aromatic rings. The Balaban J connectivity index is 1.41. The Kier molecular flexibility index (Phi) is 10.2. The highest BCUT2D eigenvalue weighted by Gasteiger charge is 2.31. The van der Waals surface area contributed by atoms with Gasteiger partial charge in [-0.15, -0.1) is 0 Å². The van der Waals surface area contributed by atoms with Crippen molar-refractivity contribution in [3.05, 3.63) is 29.8 Å². The van der Waals surface area contributed by atoms with Crippen LogP contribution in [0.5, 0.6) is 5.75 Å². The minimum atomic E-state index is 0.285. The first-order valence-corrected chi connectivity index (χ1v) is 13.4. The van der Waals surface area contributed by atoms with E-state index in [4.69, 9.17) is 4.74 Å². The highest BCUT2D eigenvalue weighted by molar-refractivity contribution is 5.29. The van der Waals surface area contributed by atoms with Crippen LogP contribution in [0, 0.1) is 35.0 Å². The summed E-state index contributed by atoms with van der Waals surface area (Å²) in [6, 6.07) is 11.6. The quantitative estimate of drug-likeness (QED) is 0.333. The molecule has 0 radical (unpaired) electrons. The molecule has 2 heteroatoms. The Morgan fingerprint density at radius 3 is 2.16 bits per heavy atom. The predicted molar refractivity (Wildman–Crippen MR) is 130 cm³/mol. The van der Waals surface area contributed by atoms with Gasteiger partial charge in [0.15, 0.2) is 0 Å². The van der Waals surface area contributed by atoms with E-state index in [2.05, 4.69) is 44.2 Å². The van der Waals surface area contributed by atoms with Gasteiger partial charge in [0.1, 0.15) is 5.75 Å². The summed E-state index contributed by atoms with van der Waals surface area (Å²) in [5.74, 6) is 4.34. The molecule has 0 spiro atoms. The Bertz CT molecular complexity index is 644. The normalized spacial score (nSPS) is 27.4. The van der Waals surface area contributed by atoms with Gasteiger partial charge in [0.25, 0.3) is 0 Å². The number of hydrogen-bond donors (Lipinski definition) is 0. The van der Waals surface area contributed by atoms with Crippen LogP contribution < -0.4 is 4.74 Å². The Labute approximate surface area is 191 Å². The molecule has 2 aliphatic rings. The molecule has 1 atom stereocenters. The summed E-state index contributed by atoms with van der Waals surface area (Å²) in [6.07, 6.45) is 18.0. The molecular weight excluding hydrogens is 378 g/mol. The molecule has 0 N–H and O–H groups in total. The van der Waals surface area contributed by atoms with Crippen LogP contribution in [0.15, 0.2) is 24.3 Å². The second-order valence-corrected chi connectivity index (χ2v) is 10.4. The number of ether oxygens (including phenoxy) is 1. The lowest BCUT2D eigenvalue weighted by Gasteiger charge is -2.34. The number of rotatable bonds is 11. The van der Waals surface area contributed by atoms with E-state index in [1.165, 1.54) is 82.6 Å². The number of nitrogens with zero attached hydrogens (tertiary/aromatic N) is 1. The first kappa shape index (κ1) is 24.2. The fraction of sp³-hybridized carbons (Fsp3) is 0.759. The lowest BCUT2D eigenvalue weighted by Crippen LogP contribution is -2.24. The summed E-state index contributed by atoms with van der Waals surface area (Å²) < 4.78 is 5.87. The van der Waals surface area contributed by atoms with Crippen molar-refractivity contribution >= 4 is 0 Å². The Morgan fingerprint density at radius 2 is 1.55 bits per heavy atom. The highest BCUT2D eigenvalue weighted by atomic mass is 16.5. The van der Waals surface area contributed by atoms with Crippen molar-refractivity contribution in [2.24, 2.45) is 23.7 Å².